The predicted octanol–water partition coefficient (Wildman–Crippen LogP) is 2.61. The van der Waals surface area contributed by atoms with Gasteiger partial charge in [-0.15, -0.1) is 0 Å². The first-order valence-electron chi connectivity index (χ1n) is 11.1. The topological polar surface area (TPSA) is 122 Å². The molecule has 1 N–H and O–H groups in total. The molecule has 1 atom stereocenters. The number of hydrogen-bond acceptors (Lipinski definition) is 6. The van der Waals surface area contributed by atoms with E-state index in [4.69, 9.17) is 9.63 Å². The fourth-order valence-corrected chi connectivity index (χ4v) is 4.72. The number of aromatic nitrogens is 1. The van der Waals surface area contributed by atoms with Crippen molar-refractivity contribution < 1.29 is 48.9 Å². The standard InChI is InChI=1S/C26H24BrN3O4P.Na/c1-34-25-10-7-18(15-28)12-19(25)13-20(16-29)23-17-30(24-9-8-21(27)14-22(23)24)26(31)6-4-2-3-5-11-35(32)33;/h7-10,12-14,17,32H,2-6,11H2,1H3;/q-1;+1/b20-13+;. The van der Waals surface area contributed by atoms with Crippen molar-refractivity contribution in [3.8, 4) is 17.9 Å². The molecule has 0 saturated carbocycles. The molecule has 0 aliphatic heterocycles. The third kappa shape index (κ3) is 7.75. The Morgan fingerprint density at radius 1 is 1.19 bits per heavy atom. The Labute approximate surface area is 242 Å². The van der Waals surface area contributed by atoms with Gasteiger partial charge in [0.2, 0.25) is 5.91 Å². The van der Waals surface area contributed by atoms with Gasteiger partial charge in [-0.25, -0.2) is 0 Å². The minimum atomic E-state index is -2.10. The van der Waals surface area contributed by atoms with E-state index in [0.717, 1.165) is 22.7 Å². The molecule has 1 unspecified atom stereocenters. The van der Waals surface area contributed by atoms with Crippen molar-refractivity contribution in [2.45, 2.75) is 32.1 Å². The fourth-order valence-electron chi connectivity index (χ4n) is 3.86. The van der Waals surface area contributed by atoms with Gasteiger partial charge in [-0.2, -0.15) is 10.5 Å². The number of methoxy groups -OCH3 is 1. The van der Waals surface area contributed by atoms with E-state index in [-0.39, 0.29) is 41.6 Å². The summed E-state index contributed by atoms with van der Waals surface area (Å²) in [6.07, 6.45) is 6.89. The van der Waals surface area contributed by atoms with Gasteiger partial charge in [0.1, 0.15) is 5.75 Å². The van der Waals surface area contributed by atoms with Crippen molar-refractivity contribution >= 4 is 52.8 Å². The zero-order chi connectivity index (χ0) is 25.4. The van der Waals surface area contributed by atoms with Crippen molar-refractivity contribution in [3.05, 3.63) is 63.8 Å². The van der Waals surface area contributed by atoms with E-state index in [0.29, 0.717) is 52.8 Å². The van der Waals surface area contributed by atoms with E-state index < -0.39 is 8.38 Å². The van der Waals surface area contributed by atoms with Gasteiger partial charge in [-0.1, -0.05) is 37.1 Å². The zero-order valence-electron chi connectivity index (χ0n) is 20.2. The minimum absolute atomic E-state index is 0. The van der Waals surface area contributed by atoms with E-state index in [2.05, 4.69) is 28.1 Å². The third-order valence-corrected chi connectivity index (χ3v) is 6.79. The maximum atomic E-state index is 13.1. The van der Waals surface area contributed by atoms with Crippen LogP contribution in [0.1, 0.15) is 53.6 Å². The first kappa shape index (κ1) is 30.2. The summed E-state index contributed by atoms with van der Waals surface area (Å²) in [7, 11) is -0.579. The van der Waals surface area contributed by atoms with Gasteiger partial charge in [-0.3, -0.25) is 9.36 Å². The number of carbonyl (C=O) groups excluding carboxylic acids is 1. The first-order chi connectivity index (χ1) is 16.9. The van der Waals surface area contributed by atoms with Crippen LogP contribution in [0.4, 0.5) is 0 Å². The summed E-state index contributed by atoms with van der Waals surface area (Å²) in [5, 5.41) is 20.0. The van der Waals surface area contributed by atoms with Crippen LogP contribution < -0.4 is 39.2 Å². The molecule has 7 nitrogen and oxygen atoms in total. The molecule has 0 saturated heterocycles. The number of hydrogen-bond donors (Lipinski definition) is 1. The van der Waals surface area contributed by atoms with Crippen molar-refractivity contribution in [1.82, 2.24) is 4.57 Å². The number of nitrogens with zero attached hydrogens (tertiary/aromatic N) is 3. The summed E-state index contributed by atoms with van der Waals surface area (Å²) in [5.41, 5.74) is 2.68. The molecule has 0 aliphatic rings. The molecule has 0 fully saturated rings. The van der Waals surface area contributed by atoms with E-state index in [9.17, 15) is 20.2 Å². The predicted molar refractivity (Wildman–Crippen MR) is 139 cm³/mol. The second-order valence-corrected chi connectivity index (χ2v) is 10.0. The summed E-state index contributed by atoms with van der Waals surface area (Å²) in [4.78, 5) is 32.7. The Bertz CT molecular complexity index is 1340. The van der Waals surface area contributed by atoms with E-state index >= 15 is 0 Å². The van der Waals surface area contributed by atoms with E-state index in [1.165, 1.54) is 7.11 Å². The molecule has 0 radical (unpaired) electrons. The molecule has 0 bridgehead atoms. The van der Waals surface area contributed by atoms with Crippen LogP contribution in [0.3, 0.4) is 0 Å². The van der Waals surface area contributed by atoms with Crippen LogP contribution in [0.5, 0.6) is 5.75 Å². The Kier molecular flexibility index (Phi) is 12.3. The smallest absolute Gasteiger partial charge is 0.808 e. The Hall–Kier alpha value is -2.00. The van der Waals surface area contributed by atoms with Gasteiger partial charge in [0, 0.05) is 33.6 Å². The second kappa shape index (κ2) is 14.7. The second-order valence-electron chi connectivity index (χ2n) is 7.95. The summed E-state index contributed by atoms with van der Waals surface area (Å²) >= 11 is 3.48. The first-order valence-corrected chi connectivity index (χ1v) is 13.2. The fraction of sp³-hybridized carbons (Fsp3) is 0.269. The molecule has 36 heavy (non-hydrogen) atoms. The molecule has 0 aliphatic carbocycles. The number of carbonyl (C=O) groups is 1. The summed E-state index contributed by atoms with van der Waals surface area (Å²) in [5.74, 6) is 0.446. The van der Waals surface area contributed by atoms with Gasteiger partial charge in [-0.05, 0) is 61.5 Å². The number of allylic oxidation sites excluding steroid dienone is 1. The molecular weight excluding hydrogens is 552 g/mol. The molecule has 1 aromatic heterocycles. The SMILES string of the molecule is COc1ccc(C#N)cc1/C=C(\C#N)c1cn(C(=O)CCCCCCP([O-])O)c2ccc(Br)cc12.[Na+]. The summed E-state index contributed by atoms with van der Waals surface area (Å²) in [6.45, 7) is 0. The van der Waals surface area contributed by atoms with Gasteiger partial charge in [0.05, 0.1) is 35.9 Å². The van der Waals surface area contributed by atoms with Gasteiger partial charge >= 0.3 is 29.6 Å². The van der Waals surface area contributed by atoms with Crippen LogP contribution in [-0.2, 0) is 0 Å². The van der Waals surface area contributed by atoms with Crippen molar-refractivity contribution in [1.29, 1.82) is 10.5 Å². The van der Waals surface area contributed by atoms with Crippen LogP contribution in [0.25, 0.3) is 22.6 Å². The number of halogens is 1. The summed E-state index contributed by atoms with van der Waals surface area (Å²) < 4.78 is 7.80. The maximum absolute atomic E-state index is 13.1. The Morgan fingerprint density at radius 2 is 1.94 bits per heavy atom. The quantitative estimate of drug-likeness (QED) is 0.172. The monoisotopic (exact) mass is 575 g/mol. The van der Waals surface area contributed by atoms with Crippen molar-refractivity contribution in [2.24, 2.45) is 0 Å². The van der Waals surface area contributed by atoms with Crippen molar-refractivity contribution in [3.63, 3.8) is 0 Å². The van der Waals surface area contributed by atoms with Gasteiger partial charge < -0.3 is 14.5 Å². The molecule has 3 rings (SSSR count). The third-order valence-electron chi connectivity index (χ3n) is 5.59. The van der Waals surface area contributed by atoms with Crippen LogP contribution in [0.15, 0.2) is 47.1 Å². The normalized spacial score (nSPS) is 11.9. The van der Waals surface area contributed by atoms with E-state index in [1.54, 1.807) is 35.0 Å². The number of fused-ring (bicyclic) bond motifs is 1. The maximum Gasteiger partial charge on any atom is 1.00 e. The van der Waals surface area contributed by atoms with Crippen LogP contribution in [-0.4, -0.2) is 28.6 Å². The largest absolute Gasteiger partial charge is 1.00 e. The molecule has 1 heterocycles. The number of rotatable bonds is 10. The molecular formula is C26H24BrN3NaO4P. The summed E-state index contributed by atoms with van der Waals surface area (Å²) in [6, 6.07) is 14.9. The number of unbranched alkanes of at least 4 members (excludes halogenated alkanes) is 3. The van der Waals surface area contributed by atoms with Crippen LogP contribution in [0, 0.1) is 22.7 Å². The molecule has 0 spiro atoms. The van der Waals surface area contributed by atoms with Crippen molar-refractivity contribution in [2.75, 3.05) is 13.3 Å². The van der Waals surface area contributed by atoms with E-state index in [1.807, 2.05) is 18.2 Å². The van der Waals surface area contributed by atoms with Gasteiger partial charge in [0.25, 0.3) is 0 Å². The zero-order valence-corrected chi connectivity index (χ0v) is 24.7. The Morgan fingerprint density at radius 3 is 2.61 bits per heavy atom. The average molecular weight is 576 g/mol. The average Bonchev–Trinajstić information content (AvgIpc) is 3.22. The molecule has 180 valence electrons. The molecule has 3 aromatic rings. The number of nitriles is 2. The number of benzene rings is 2. The van der Waals surface area contributed by atoms with Crippen LogP contribution >= 0.6 is 24.3 Å². The number of ether oxygens (including phenoxy) is 1. The van der Waals surface area contributed by atoms with Gasteiger partial charge in [0.15, 0.2) is 0 Å². The Balaban J connectivity index is 0.00000456. The minimum Gasteiger partial charge on any atom is -0.808 e. The molecule has 10 heteroatoms. The van der Waals surface area contributed by atoms with Crippen LogP contribution in [0.2, 0.25) is 0 Å². The molecule has 0 amide bonds. The molecule has 2 aromatic carbocycles.